The number of carbonyl (C=O) groups is 1. The Morgan fingerprint density at radius 3 is 2.57 bits per heavy atom. The number of hydrogen-bond acceptors (Lipinski definition) is 5. The normalized spacial score (nSPS) is 16.3. The van der Waals surface area contributed by atoms with Crippen LogP contribution in [0.1, 0.15) is 12.0 Å². The Hall–Kier alpha value is -1.93. The van der Waals surface area contributed by atoms with E-state index >= 15 is 0 Å². The lowest BCUT2D eigenvalue weighted by molar-refractivity contribution is -0.138. The average Bonchev–Trinajstić information content (AvgIpc) is 2.40. The molecule has 1 aliphatic heterocycles. The number of aryl methyl sites for hydroxylation is 1. The standard InChI is InChI=1S/C13H17N3O4S/c1-10-2-4-11(5-3-10)21(19,20)15-12-6-7-16(9-14-12)8-13(17)18/h2-5H,6-9H2,1H3,(H,14,15)(H,17,18). The lowest BCUT2D eigenvalue weighted by Crippen LogP contribution is -2.41. The van der Waals surface area contributed by atoms with Crippen LogP contribution in [0.4, 0.5) is 0 Å². The van der Waals surface area contributed by atoms with Crippen molar-refractivity contribution in [2.45, 2.75) is 18.2 Å². The van der Waals surface area contributed by atoms with Gasteiger partial charge in [-0.25, -0.2) is 8.42 Å². The van der Waals surface area contributed by atoms with E-state index in [9.17, 15) is 13.2 Å². The Kier molecular flexibility index (Phi) is 4.59. The minimum absolute atomic E-state index is 0.0957. The number of nitrogens with one attached hydrogen (secondary N) is 1. The molecule has 0 radical (unpaired) electrons. The summed E-state index contributed by atoms with van der Waals surface area (Å²) >= 11 is 0. The number of rotatable bonds is 4. The molecule has 7 nitrogen and oxygen atoms in total. The predicted molar refractivity (Wildman–Crippen MR) is 77.6 cm³/mol. The van der Waals surface area contributed by atoms with E-state index in [0.29, 0.717) is 18.8 Å². The summed E-state index contributed by atoms with van der Waals surface area (Å²) < 4.78 is 26.8. The number of aliphatic imine (C=N–C) groups is 1. The summed E-state index contributed by atoms with van der Waals surface area (Å²) in [5.41, 5.74) is 0.980. The highest BCUT2D eigenvalue weighted by atomic mass is 32.2. The molecular formula is C13H17N3O4S. The van der Waals surface area contributed by atoms with Crippen LogP contribution in [0.2, 0.25) is 0 Å². The molecule has 1 aromatic carbocycles. The summed E-state index contributed by atoms with van der Waals surface area (Å²) in [6.07, 6.45) is 0.373. The van der Waals surface area contributed by atoms with Gasteiger partial charge in [-0.15, -0.1) is 0 Å². The molecule has 0 aromatic heterocycles. The van der Waals surface area contributed by atoms with Crippen LogP contribution in [-0.2, 0) is 14.8 Å². The highest BCUT2D eigenvalue weighted by Crippen LogP contribution is 2.11. The van der Waals surface area contributed by atoms with Gasteiger partial charge in [0.05, 0.1) is 18.1 Å². The van der Waals surface area contributed by atoms with Gasteiger partial charge < -0.3 is 5.11 Å². The Morgan fingerprint density at radius 1 is 1.38 bits per heavy atom. The van der Waals surface area contributed by atoms with Crippen LogP contribution >= 0.6 is 0 Å². The van der Waals surface area contributed by atoms with Crippen molar-refractivity contribution in [3.05, 3.63) is 29.8 Å². The summed E-state index contributed by atoms with van der Waals surface area (Å²) in [5.74, 6) is -0.564. The second-order valence-corrected chi connectivity index (χ2v) is 6.54. The summed E-state index contributed by atoms with van der Waals surface area (Å²) in [7, 11) is -3.63. The van der Waals surface area contributed by atoms with Gasteiger partial charge in [-0.1, -0.05) is 17.7 Å². The quantitative estimate of drug-likeness (QED) is 0.839. The number of sulfonamides is 1. The van der Waals surface area contributed by atoms with Crippen LogP contribution in [0.15, 0.2) is 34.2 Å². The maximum absolute atomic E-state index is 12.2. The largest absolute Gasteiger partial charge is 0.480 e. The molecule has 8 heteroatoms. The van der Waals surface area contributed by atoms with E-state index in [1.807, 2.05) is 6.92 Å². The van der Waals surface area contributed by atoms with Crippen molar-refractivity contribution in [1.29, 1.82) is 0 Å². The van der Waals surface area contributed by atoms with E-state index in [1.54, 1.807) is 17.0 Å². The third kappa shape index (κ3) is 4.27. The first-order valence-electron chi connectivity index (χ1n) is 6.44. The lowest BCUT2D eigenvalue weighted by Gasteiger charge is -2.24. The molecule has 0 spiro atoms. The first-order chi connectivity index (χ1) is 9.87. The molecule has 21 heavy (non-hydrogen) atoms. The van der Waals surface area contributed by atoms with Gasteiger partial charge in [0.1, 0.15) is 5.84 Å². The monoisotopic (exact) mass is 311 g/mol. The molecule has 0 amide bonds. The van der Waals surface area contributed by atoms with Crippen LogP contribution in [-0.4, -0.2) is 50.0 Å². The van der Waals surface area contributed by atoms with Gasteiger partial charge in [0.2, 0.25) is 0 Å². The molecule has 0 fully saturated rings. The zero-order valence-electron chi connectivity index (χ0n) is 11.6. The first kappa shape index (κ1) is 15.5. The van der Waals surface area contributed by atoms with Crippen LogP contribution in [0, 0.1) is 6.92 Å². The van der Waals surface area contributed by atoms with Crippen molar-refractivity contribution in [3.63, 3.8) is 0 Å². The van der Waals surface area contributed by atoms with E-state index in [2.05, 4.69) is 9.71 Å². The highest BCUT2D eigenvalue weighted by molar-refractivity contribution is 7.90. The summed E-state index contributed by atoms with van der Waals surface area (Å²) in [6.45, 7) is 2.42. The number of hydrogen-bond donors (Lipinski definition) is 2. The number of aliphatic carboxylic acids is 1. The maximum atomic E-state index is 12.2. The molecule has 0 bridgehead atoms. The molecule has 0 unspecified atom stereocenters. The van der Waals surface area contributed by atoms with Crippen molar-refractivity contribution in [2.75, 3.05) is 19.8 Å². The van der Waals surface area contributed by atoms with E-state index in [0.717, 1.165) is 5.56 Å². The Labute approximate surface area is 123 Å². The van der Waals surface area contributed by atoms with E-state index in [4.69, 9.17) is 5.11 Å². The van der Waals surface area contributed by atoms with Crippen molar-refractivity contribution in [3.8, 4) is 0 Å². The third-order valence-corrected chi connectivity index (χ3v) is 4.47. The van der Waals surface area contributed by atoms with Crippen LogP contribution in [0.5, 0.6) is 0 Å². The fraction of sp³-hybridized carbons (Fsp3) is 0.385. The van der Waals surface area contributed by atoms with Crippen LogP contribution in [0.3, 0.4) is 0 Å². The Bertz CT molecular complexity index is 652. The van der Waals surface area contributed by atoms with E-state index in [-0.39, 0.29) is 18.1 Å². The molecule has 2 N–H and O–H groups in total. The fourth-order valence-electron chi connectivity index (χ4n) is 1.93. The summed E-state index contributed by atoms with van der Waals surface area (Å²) in [5, 5.41) is 8.69. The molecule has 0 atom stereocenters. The highest BCUT2D eigenvalue weighted by Gasteiger charge is 2.20. The number of carboxylic acids is 1. The Balaban J connectivity index is 2.03. The third-order valence-electron chi connectivity index (χ3n) is 3.07. The molecule has 1 aliphatic rings. The van der Waals surface area contributed by atoms with E-state index < -0.39 is 16.0 Å². The van der Waals surface area contributed by atoms with Gasteiger partial charge in [-0.3, -0.25) is 19.4 Å². The Morgan fingerprint density at radius 2 is 2.05 bits per heavy atom. The zero-order chi connectivity index (χ0) is 15.5. The van der Waals surface area contributed by atoms with Gasteiger partial charge in [0.15, 0.2) is 0 Å². The number of carboxylic acid groups (broad SMARTS) is 1. The summed E-state index contributed by atoms with van der Waals surface area (Å²) in [4.78, 5) is 16.5. The second-order valence-electron chi connectivity index (χ2n) is 4.86. The van der Waals surface area contributed by atoms with Gasteiger partial charge in [-0.2, -0.15) is 0 Å². The molecule has 0 saturated carbocycles. The lowest BCUT2D eigenvalue weighted by atomic mass is 10.2. The van der Waals surface area contributed by atoms with Gasteiger partial charge >= 0.3 is 5.97 Å². The number of amidine groups is 1. The molecule has 0 saturated heterocycles. The average molecular weight is 311 g/mol. The first-order valence-corrected chi connectivity index (χ1v) is 7.92. The molecule has 1 aromatic rings. The van der Waals surface area contributed by atoms with E-state index in [1.165, 1.54) is 12.1 Å². The van der Waals surface area contributed by atoms with Crippen LogP contribution in [0.25, 0.3) is 0 Å². The molecule has 2 rings (SSSR count). The maximum Gasteiger partial charge on any atom is 0.317 e. The smallest absolute Gasteiger partial charge is 0.317 e. The second kappa shape index (κ2) is 6.23. The van der Waals surface area contributed by atoms with Gasteiger partial charge in [-0.05, 0) is 19.1 Å². The van der Waals surface area contributed by atoms with Crippen molar-refractivity contribution in [2.24, 2.45) is 4.99 Å². The number of benzene rings is 1. The topological polar surface area (TPSA) is 99.1 Å². The zero-order valence-corrected chi connectivity index (χ0v) is 12.4. The van der Waals surface area contributed by atoms with Gasteiger partial charge in [0.25, 0.3) is 10.0 Å². The molecule has 0 aliphatic carbocycles. The minimum atomic E-state index is -3.63. The van der Waals surface area contributed by atoms with Gasteiger partial charge in [0, 0.05) is 13.0 Å². The predicted octanol–water partition coefficient (Wildman–Crippen LogP) is 0.420. The van der Waals surface area contributed by atoms with Crippen molar-refractivity contribution >= 4 is 21.8 Å². The SMILES string of the molecule is Cc1ccc(S(=O)(=O)NC2=NCN(CC(=O)O)CC2)cc1. The molecule has 1 heterocycles. The summed E-state index contributed by atoms with van der Waals surface area (Å²) in [6, 6.07) is 6.53. The molecule has 114 valence electrons. The minimum Gasteiger partial charge on any atom is -0.480 e. The molecular weight excluding hydrogens is 294 g/mol. The van der Waals surface area contributed by atoms with Crippen molar-refractivity contribution < 1.29 is 18.3 Å². The number of nitrogens with zero attached hydrogens (tertiary/aromatic N) is 2. The van der Waals surface area contributed by atoms with Crippen LogP contribution < -0.4 is 4.72 Å². The fourth-order valence-corrected chi connectivity index (χ4v) is 3.02. The van der Waals surface area contributed by atoms with Crippen molar-refractivity contribution in [1.82, 2.24) is 9.62 Å².